The highest BCUT2D eigenvalue weighted by molar-refractivity contribution is 5.64. The summed E-state index contributed by atoms with van der Waals surface area (Å²) in [5.74, 6) is -2.31. The van der Waals surface area contributed by atoms with Gasteiger partial charge in [-0.15, -0.1) is 0 Å². The number of alkyl halides is 2. The summed E-state index contributed by atoms with van der Waals surface area (Å²) in [4.78, 5) is 11.7. The average molecular weight is 250 g/mol. The Kier molecular flexibility index (Phi) is 4.68. The third kappa shape index (κ3) is 4.85. The Morgan fingerprint density at radius 1 is 1.53 bits per heavy atom. The molecule has 4 nitrogen and oxygen atoms in total. The first kappa shape index (κ1) is 14.2. The van der Waals surface area contributed by atoms with Crippen LogP contribution in [0, 0.1) is 5.92 Å². The standard InChI is InChI=1S/C11H20F2N2O2/c1-15(10(16)17)7-9(14)6-8-2-4-11(12,13)5-3-8/h8-9H,2-7,14H2,1H3,(H,16,17). The van der Waals surface area contributed by atoms with E-state index >= 15 is 0 Å². The molecular weight excluding hydrogens is 230 g/mol. The van der Waals surface area contributed by atoms with Crippen molar-refractivity contribution in [1.82, 2.24) is 4.90 Å². The van der Waals surface area contributed by atoms with Gasteiger partial charge in [0.15, 0.2) is 0 Å². The van der Waals surface area contributed by atoms with E-state index in [1.807, 2.05) is 0 Å². The monoisotopic (exact) mass is 250 g/mol. The number of halogens is 2. The van der Waals surface area contributed by atoms with E-state index in [0.29, 0.717) is 19.3 Å². The van der Waals surface area contributed by atoms with E-state index in [0.717, 1.165) is 4.90 Å². The molecule has 0 bridgehead atoms. The maximum absolute atomic E-state index is 12.9. The molecule has 0 aromatic rings. The van der Waals surface area contributed by atoms with Crippen LogP contribution in [-0.2, 0) is 0 Å². The van der Waals surface area contributed by atoms with E-state index in [1.165, 1.54) is 7.05 Å². The molecule has 1 rings (SSSR count). The third-order valence-electron chi connectivity index (χ3n) is 3.31. The van der Waals surface area contributed by atoms with Crippen molar-refractivity contribution < 1.29 is 18.7 Å². The molecule has 100 valence electrons. The van der Waals surface area contributed by atoms with Crippen LogP contribution in [0.5, 0.6) is 0 Å². The molecule has 0 aromatic carbocycles. The number of nitrogens with zero attached hydrogens (tertiary/aromatic N) is 1. The Labute approximate surface area is 99.8 Å². The minimum atomic E-state index is -2.52. The van der Waals surface area contributed by atoms with Gasteiger partial charge in [0, 0.05) is 32.5 Å². The topological polar surface area (TPSA) is 66.6 Å². The SMILES string of the molecule is CN(CC(N)CC1CCC(F)(F)CC1)C(=O)O. The number of rotatable bonds is 4. The number of carboxylic acid groups (broad SMARTS) is 1. The molecule has 1 aliphatic carbocycles. The van der Waals surface area contributed by atoms with Crippen LogP contribution in [0.4, 0.5) is 13.6 Å². The molecule has 1 unspecified atom stereocenters. The van der Waals surface area contributed by atoms with Crippen LogP contribution >= 0.6 is 0 Å². The highest BCUT2D eigenvalue weighted by atomic mass is 19.3. The van der Waals surface area contributed by atoms with Gasteiger partial charge in [-0.05, 0) is 25.2 Å². The minimum Gasteiger partial charge on any atom is -0.465 e. The van der Waals surface area contributed by atoms with Crippen molar-refractivity contribution in [3.63, 3.8) is 0 Å². The van der Waals surface area contributed by atoms with Crippen molar-refractivity contribution in [1.29, 1.82) is 0 Å². The van der Waals surface area contributed by atoms with Gasteiger partial charge in [-0.3, -0.25) is 0 Å². The van der Waals surface area contributed by atoms with Crippen LogP contribution < -0.4 is 5.73 Å². The first-order valence-electron chi connectivity index (χ1n) is 5.87. The smallest absolute Gasteiger partial charge is 0.407 e. The number of nitrogens with two attached hydrogens (primary N) is 1. The van der Waals surface area contributed by atoms with Crippen molar-refractivity contribution in [2.45, 2.75) is 44.1 Å². The van der Waals surface area contributed by atoms with E-state index in [2.05, 4.69) is 0 Å². The Bertz CT molecular complexity index is 264. The van der Waals surface area contributed by atoms with Gasteiger partial charge >= 0.3 is 6.09 Å². The normalized spacial score (nSPS) is 22.1. The fourth-order valence-electron chi connectivity index (χ4n) is 2.27. The second kappa shape index (κ2) is 5.62. The number of amides is 1. The van der Waals surface area contributed by atoms with E-state index in [9.17, 15) is 13.6 Å². The fourth-order valence-corrected chi connectivity index (χ4v) is 2.27. The molecule has 0 aromatic heterocycles. The maximum Gasteiger partial charge on any atom is 0.407 e. The van der Waals surface area contributed by atoms with Crippen molar-refractivity contribution >= 4 is 6.09 Å². The van der Waals surface area contributed by atoms with E-state index in [-0.39, 0.29) is 31.3 Å². The molecule has 0 spiro atoms. The molecule has 17 heavy (non-hydrogen) atoms. The number of likely N-dealkylation sites (N-methyl/N-ethyl adjacent to an activating group) is 1. The van der Waals surface area contributed by atoms with Gasteiger partial charge in [0.2, 0.25) is 5.92 Å². The molecule has 1 saturated carbocycles. The molecule has 0 saturated heterocycles. The summed E-state index contributed by atoms with van der Waals surface area (Å²) >= 11 is 0. The molecule has 0 heterocycles. The van der Waals surface area contributed by atoms with Crippen LogP contribution in [-0.4, -0.2) is 41.7 Å². The second-order valence-electron chi connectivity index (χ2n) is 4.96. The van der Waals surface area contributed by atoms with Crippen LogP contribution in [0.15, 0.2) is 0 Å². The predicted octanol–water partition coefficient (Wildman–Crippen LogP) is 2.14. The molecular formula is C11H20F2N2O2. The van der Waals surface area contributed by atoms with Gasteiger partial charge < -0.3 is 15.7 Å². The Hall–Kier alpha value is -0.910. The summed E-state index contributed by atoms with van der Waals surface area (Å²) in [6, 6.07) is -0.271. The summed E-state index contributed by atoms with van der Waals surface area (Å²) in [5, 5.41) is 8.68. The highest BCUT2D eigenvalue weighted by Gasteiger charge is 2.35. The molecule has 6 heteroatoms. The molecule has 1 fully saturated rings. The largest absolute Gasteiger partial charge is 0.465 e. The van der Waals surface area contributed by atoms with E-state index < -0.39 is 12.0 Å². The van der Waals surface area contributed by atoms with Crippen molar-refractivity contribution in [3.05, 3.63) is 0 Å². The van der Waals surface area contributed by atoms with E-state index in [1.54, 1.807) is 0 Å². The number of hydrogen-bond donors (Lipinski definition) is 2. The van der Waals surface area contributed by atoms with Gasteiger partial charge in [0.25, 0.3) is 0 Å². The molecule has 1 aliphatic rings. The molecule has 0 aliphatic heterocycles. The lowest BCUT2D eigenvalue weighted by molar-refractivity contribution is -0.0472. The van der Waals surface area contributed by atoms with E-state index in [4.69, 9.17) is 10.8 Å². The van der Waals surface area contributed by atoms with Crippen molar-refractivity contribution in [3.8, 4) is 0 Å². The first-order chi connectivity index (χ1) is 7.80. The lowest BCUT2D eigenvalue weighted by Crippen LogP contribution is -2.40. The number of hydrogen-bond acceptors (Lipinski definition) is 2. The average Bonchev–Trinajstić information content (AvgIpc) is 2.21. The lowest BCUT2D eigenvalue weighted by Gasteiger charge is -2.30. The summed E-state index contributed by atoms with van der Waals surface area (Å²) in [6.45, 7) is 0.252. The maximum atomic E-state index is 12.9. The van der Waals surface area contributed by atoms with Crippen LogP contribution in [0.1, 0.15) is 32.1 Å². The third-order valence-corrected chi connectivity index (χ3v) is 3.31. The number of carbonyl (C=O) groups is 1. The van der Waals surface area contributed by atoms with Gasteiger partial charge in [0.05, 0.1) is 0 Å². The predicted molar refractivity (Wildman–Crippen MR) is 60.2 cm³/mol. The van der Waals surface area contributed by atoms with Crippen LogP contribution in [0.3, 0.4) is 0 Å². The zero-order valence-electron chi connectivity index (χ0n) is 10.0. The van der Waals surface area contributed by atoms with Gasteiger partial charge in [0.1, 0.15) is 0 Å². The first-order valence-corrected chi connectivity index (χ1v) is 5.87. The van der Waals surface area contributed by atoms with Crippen molar-refractivity contribution in [2.24, 2.45) is 11.7 Å². The summed E-state index contributed by atoms with van der Waals surface area (Å²) in [7, 11) is 1.46. The van der Waals surface area contributed by atoms with Crippen LogP contribution in [0.25, 0.3) is 0 Å². The highest BCUT2D eigenvalue weighted by Crippen LogP contribution is 2.37. The molecule has 0 radical (unpaired) electrons. The summed E-state index contributed by atoms with van der Waals surface area (Å²) < 4.78 is 25.8. The molecule has 1 atom stereocenters. The Morgan fingerprint density at radius 3 is 2.53 bits per heavy atom. The molecule has 3 N–H and O–H groups in total. The second-order valence-corrected chi connectivity index (χ2v) is 4.96. The summed E-state index contributed by atoms with van der Waals surface area (Å²) in [5.41, 5.74) is 5.82. The minimum absolute atomic E-state index is 0.0703. The zero-order valence-corrected chi connectivity index (χ0v) is 10.0. The quantitative estimate of drug-likeness (QED) is 0.803. The zero-order chi connectivity index (χ0) is 13.1. The van der Waals surface area contributed by atoms with Gasteiger partial charge in [-0.25, -0.2) is 13.6 Å². The fraction of sp³-hybridized carbons (Fsp3) is 0.909. The summed E-state index contributed by atoms with van der Waals surface area (Å²) in [6.07, 6.45) is 0.427. The van der Waals surface area contributed by atoms with Gasteiger partial charge in [-0.1, -0.05) is 0 Å². The van der Waals surface area contributed by atoms with Crippen LogP contribution in [0.2, 0.25) is 0 Å². The molecule has 1 amide bonds. The van der Waals surface area contributed by atoms with Gasteiger partial charge in [-0.2, -0.15) is 0 Å². The van der Waals surface area contributed by atoms with Crippen molar-refractivity contribution in [2.75, 3.05) is 13.6 Å². The Balaban J connectivity index is 2.28. The Morgan fingerprint density at radius 2 is 2.06 bits per heavy atom. The lowest BCUT2D eigenvalue weighted by atomic mass is 9.83.